The molecule has 126 valence electrons. The number of carbonyl (C=O) groups is 1. The number of esters is 1. The maximum Gasteiger partial charge on any atom is 0.361 e. The number of ether oxygens (including phenoxy) is 1. The summed E-state index contributed by atoms with van der Waals surface area (Å²) in [7, 11) is 0. The van der Waals surface area contributed by atoms with Crippen LogP contribution >= 0.6 is 0 Å². The second-order valence-electron chi connectivity index (χ2n) is 6.07. The van der Waals surface area contributed by atoms with E-state index >= 15 is 0 Å². The highest BCUT2D eigenvalue weighted by molar-refractivity contribution is 5.69. The van der Waals surface area contributed by atoms with Crippen LogP contribution in [0.25, 0.3) is 0 Å². The first kappa shape index (κ1) is 20.4. The molecule has 0 aliphatic rings. The van der Waals surface area contributed by atoms with Crippen molar-refractivity contribution in [2.75, 3.05) is 13.2 Å². The second kappa shape index (κ2) is 17.5. The molecule has 0 aliphatic carbocycles. The van der Waals surface area contributed by atoms with Gasteiger partial charge in [0, 0.05) is 0 Å². The van der Waals surface area contributed by atoms with Crippen LogP contribution in [0.3, 0.4) is 0 Å². The van der Waals surface area contributed by atoms with Crippen LogP contribution < -0.4 is 5.73 Å². The fourth-order valence-electron chi connectivity index (χ4n) is 2.55. The van der Waals surface area contributed by atoms with Crippen LogP contribution in [0.4, 0.5) is 0 Å². The van der Waals surface area contributed by atoms with E-state index in [0.29, 0.717) is 6.61 Å². The number of rotatable bonds is 16. The van der Waals surface area contributed by atoms with Crippen molar-refractivity contribution in [2.45, 2.75) is 96.8 Å². The summed E-state index contributed by atoms with van der Waals surface area (Å²) in [6, 6.07) is 0. The molecule has 0 heterocycles. The number of quaternary nitrogens is 1. The first-order chi connectivity index (χ1) is 10.3. The molecular formula is C18H38NO2+. The molecular weight excluding hydrogens is 262 g/mol. The van der Waals surface area contributed by atoms with E-state index in [1.54, 1.807) is 0 Å². The third-order valence-electron chi connectivity index (χ3n) is 3.97. The quantitative estimate of drug-likeness (QED) is 0.342. The highest BCUT2D eigenvalue weighted by Crippen LogP contribution is 2.12. The maximum absolute atomic E-state index is 10.9. The monoisotopic (exact) mass is 300 g/mol. The molecule has 0 atom stereocenters. The van der Waals surface area contributed by atoms with Gasteiger partial charge in [-0.1, -0.05) is 90.4 Å². The molecule has 0 aliphatic heterocycles. The lowest BCUT2D eigenvalue weighted by Gasteiger charge is -2.04. The Bertz CT molecular complexity index is 219. The predicted molar refractivity (Wildman–Crippen MR) is 89.0 cm³/mol. The summed E-state index contributed by atoms with van der Waals surface area (Å²) in [5, 5.41) is 0. The number of unbranched alkanes of at least 4 members (excludes halogenated alkanes) is 13. The lowest BCUT2D eigenvalue weighted by atomic mass is 10.0. The normalized spacial score (nSPS) is 10.8. The largest absolute Gasteiger partial charge is 0.462 e. The van der Waals surface area contributed by atoms with Crippen molar-refractivity contribution < 1.29 is 15.3 Å². The zero-order valence-electron chi connectivity index (χ0n) is 14.3. The van der Waals surface area contributed by atoms with E-state index in [4.69, 9.17) is 4.74 Å². The third-order valence-corrected chi connectivity index (χ3v) is 3.97. The third kappa shape index (κ3) is 17.4. The topological polar surface area (TPSA) is 53.9 Å². The lowest BCUT2D eigenvalue weighted by Crippen LogP contribution is -2.54. The van der Waals surface area contributed by atoms with E-state index in [9.17, 15) is 4.79 Å². The first-order valence-corrected chi connectivity index (χ1v) is 9.26. The van der Waals surface area contributed by atoms with Gasteiger partial charge in [0.1, 0.15) is 0 Å². The fraction of sp³-hybridized carbons (Fsp3) is 0.944. The minimum absolute atomic E-state index is 0.176. The van der Waals surface area contributed by atoms with E-state index in [0.717, 1.165) is 6.42 Å². The van der Waals surface area contributed by atoms with Gasteiger partial charge >= 0.3 is 5.97 Å². The molecule has 0 aromatic heterocycles. The van der Waals surface area contributed by atoms with Gasteiger partial charge in [0.2, 0.25) is 0 Å². The summed E-state index contributed by atoms with van der Waals surface area (Å²) >= 11 is 0. The summed E-state index contributed by atoms with van der Waals surface area (Å²) < 4.78 is 5.00. The van der Waals surface area contributed by atoms with Crippen molar-refractivity contribution in [3.05, 3.63) is 0 Å². The Kier molecular flexibility index (Phi) is 17.0. The molecule has 3 heteroatoms. The van der Waals surface area contributed by atoms with Gasteiger partial charge in [-0.3, -0.25) is 0 Å². The van der Waals surface area contributed by atoms with Crippen LogP contribution in [-0.2, 0) is 9.53 Å². The predicted octanol–water partition coefficient (Wildman–Crippen LogP) is 4.25. The van der Waals surface area contributed by atoms with E-state index < -0.39 is 0 Å². The molecule has 3 N–H and O–H groups in total. The zero-order valence-corrected chi connectivity index (χ0v) is 14.3. The second-order valence-corrected chi connectivity index (χ2v) is 6.07. The van der Waals surface area contributed by atoms with Gasteiger partial charge < -0.3 is 10.5 Å². The molecule has 0 aromatic rings. The van der Waals surface area contributed by atoms with E-state index in [-0.39, 0.29) is 12.5 Å². The molecule has 0 unspecified atom stereocenters. The van der Waals surface area contributed by atoms with Crippen molar-refractivity contribution in [3.63, 3.8) is 0 Å². The average molecular weight is 301 g/mol. The Hall–Kier alpha value is -0.570. The Balaban J connectivity index is 2.98. The SMILES string of the molecule is CCCCCCCCCCCCCCCCOC(=O)C[NH3+]. The highest BCUT2D eigenvalue weighted by atomic mass is 16.5. The van der Waals surface area contributed by atoms with Crippen LogP contribution in [-0.4, -0.2) is 19.1 Å². The average Bonchev–Trinajstić information content (AvgIpc) is 2.50. The van der Waals surface area contributed by atoms with Crippen molar-refractivity contribution in [3.8, 4) is 0 Å². The lowest BCUT2D eigenvalue weighted by molar-refractivity contribution is -0.359. The Labute approximate surface area is 132 Å². The van der Waals surface area contributed by atoms with Gasteiger partial charge in [-0.05, 0) is 6.42 Å². The van der Waals surface area contributed by atoms with Gasteiger partial charge in [-0.25, -0.2) is 4.79 Å². The maximum atomic E-state index is 10.9. The molecule has 0 amide bonds. The Morgan fingerprint density at radius 1 is 0.714 bits per heavy atom. The summed E-state index contributed by atoms with van der Waals surface area (Å²) in [4.78, 5) is 10.9. The van der Waals surface area contributed by atoms with Gasteiger partial charge in [0.25, 0.3) is 0 Å². The molecule has 0 saturated heterocycles. The van der Waals surface area contributed by atoms with E-state index in [1.165, 1.54) is 83.5 Å². The Morgan fingerprint density at radius 3 is 1.48 bits per heavy atom. The summed E-state index contributed by atoms with van der Waals surface area (Å²) in [6.45, 7) is 3.10. The molecule has 0 radical (unpaired) electrons. The molecule has 0 aromatic carbocycles. The molecule has 0 rings (SSSR count). The molecule has 0 fully saturated rings. The van der Waals surface area contributed by atoms with Crippen molar-refractivity contribution in [1.82, 2.24) is 0 Å². The van der Waals surface area contributed by atoms with Crippen LogP contribution in [0.5, 0.6) is 0 Å². The minimum atomic E-state index is -0.176. The number of hydrogen-bond acceptors (Lipinski definition) is 2. The van der Waals surface area contributed by atoms with Gasteiger partial charge in [0.15, 0.2) is 6.54 Å². The first-order valence-electron chi connectivity index (χ1n) is 9.26. The van der Waals surface area contributed by atoms with Crippen LogP contribution in [0.2, 0.25) is 0 Å². The molecule has 3 nitrogen and oxygen atoms in total. The van der Waals surface area contributed by atoms with Gasteiger partial charge in [-0.2, -0.15) is 0 Å². The zero-order chi connectivity index (χ0) is 15.6. The van der Waals surface area contributed by atoms with Gasteiger partial charge in [-0.15, -0.1) is 0 Å². The summed E-state index contributed by atoms with van der Waals surface area (Å²) in [5.41, 5.74) is 3.50. The summed E-state index contributed by atoms with van der Waals surface area (Å²) in [5.74, 6) is -0.176. The molecule has 21 heavy (non-hydrogen) atoms. The minimum Gasteiger partial charge on any atom is -0.462 e. The smallest absolute Gasteiger partial charge is 0.361 e. The molecule has 0 bridgehead atoms. The van der Waals surface area contributed by atoms with E-state index in [1.807, 2.05) is 0 Å². The standard InChI is InChI=1S/C18H37NO2/c1-2-3-4-5-6-7-8-9-10-11-12-13-14-15-16-21-18(20)17-19/h2-17,19H2,1H3/p+1. The van der Waals surface area contributed by atoms with Gasteiger partial charge in [0.05, 0.1) is 6.61 Å². The molecule has 0 saturated carbocycles. The number of carbonyl (C=O) groups excluding carboxylic acids is 1. The van der Waals surface area contributed by atoms with Crippen molar-refractivity contribution in [2.24, 2.45) is 0 Å². The van der Waals surface area contributed by atoms with Crippen molar-refractivity contribution >= 4 is 5.97 Å². The van der Waals surface area contributed by atoms with Crippen LogP contribution in [0, 0.1) is 0 Å². The van der Waals surface area contributed by atoms with Crippen molar-refractivity contribution in [1.29, 1.82) is 0 Å². The fourth-order valence-corrected chi connectivity index (χ4v) is 2.55. The number of hydrogen-bond donors (Lipinski definition) is 1. The Morgan fingerprint density at radius 2 is 1.10 bits per heavy atom. The molecule has 0 spiro atoms. The van der Waals surface area contributed by atoms with E-state index in [2.05, 4.69) is 12.7 Å². The highest BCUT2D eigenvalue weighted by Gasteiger charge is 1.99. The van der Waals surface area contributed by atoms with Crippen LogP contribution in [0.15, 0.2) is 0 Å². The summed E-state index contributed by atoms with van der Waals surface area (Å²) in [6.07, 6.45) is 18.9. The van der Waals surface area contributed by atoms with Crippen LogP contribution in [0.1, 0.15) is 96.8 Å².